The Morgan fingerprint density at radius 2 is 2.43 bits per heavy atom. The molecule has 2 aromatic heterocycles. The van der Waals surface area contributed by atoms with Gasteiger partial charge >= 0.3 is 6.09 Å². The topological polar surface area (TPSA) is 91.5 Å². The summed E-state index contributed by atoms with van der Waals surface area (Å²) >= 11 is 1.59. The first kappa shape index (κ1) is 13.9. The fourth-order valence-electron chi connectivity index (χ4n) is 2.79. The van der Waals surface area contributed by atoms with Crippen LogP contribution < -0.4 is 11.1 Å². The first-order valence-electron chi connectivity index (χ1n) is 7.02. The van der Waals surface area contributed by atoms with E-state index in [0.717, 1.165) is 35.2 Å². The fraction of sp³-hybridized carbons (Fsp3) is 0.429. The van der Waals surface area contributed by atoms with Crippen LogP contribution in [0.25, 0.3) is 10.2 Å². The van der Waals surface area contributed by atoms with Crippen molar-refractivity contribution in [3.8, 4) is 0 Å². The summed E-state index contributed by atoms with van der Waals surface area (Å²) in [4.78, 5) is 17.1. The van der Waals surface area contributed by atoms with Crippen LogP contribution in [-0.4, -0.2) is 40.2 Å². The Morgan fingerprint density at radius 3 is 3.24 bits per heavy atom. The largest absolute Gasteiger partial charge is 0.465 e. The first-order chi connectivity index (χ1) is 10.2. The number of amides is 1. The molecule has 1 amide bonds. The Morgan fingerprint density at radius 1 is 1.57 bits per heavy atom. The van der Waals surface area contributed by atoms with Crippen molar-refractivity contribution in [1.82, 2.24) is 9.88 Å². The summed E-state index contributed by atoms with van der Waals surface area (Å²) in [5.74, 6) is 0. The van der Waals surface area contributed by atoms with E-state index in [0.29, 0.717) is 18.8 Å². The van der Waals surface area contributed by atoms with Crippen molar-refractivity contribution in [2.24, 2.45) is 0 Å². The van der Waals surface area contributed by atoms with Crippen molar-refractivity contribution < 1.29 is 9.90 Å². The van der Waals surface area contributed by atoms with Gasteiger partial charge in [-0.2, -0.15) is 0 Å². The third-order valence-corrected chi connectivity index (χ3v) is 4.81. The van der Waals surface area contributed by atoms with Gasteiger partial charge in [-0.25, -0.2) is 4.79 Å². The van der Waals surface area contributed by atoms with E-state index in [1.165, 1.54) is 4.90 Å². The molecule has 0 aliphatic carbocycles. The molecule has 0 saturated carbocycles. The van der Waals surface area contributed by atoms with Gasteiger partial charge in [-0.05, 0) is 30.7 Å². The summed E-state index contributed by atoms with van der Waals surface area (Å²) in [5, 5.41) is 14.6. The number of carboxylic acid groups (broad SMARTS) is 1. The molecule has 7 heteroatoms. The predicted molar refractivity (Wildman–Crippen MR) is 84.9 cm³/mol. The van der Waals surface area contributed by atoms with E-state index in [4.69, 9.17) is 5.73 Å². The number of nitrogens with two attached hydrogens (primary N) is 1. The molecule has 3 heterocycles. The van der Waals surface area contributed by atoms with E-state index in [1.54, 1.807) is 17.5 Å². The highest BCUT2D eigenvalue weighted by atomic mass is 32.1. The number of nitrogen functional groups attached to an aromatic ring is 1. The molecule has 6 nitrogen and oxygen atoms in total. The van der Waals surface area contributed by atoms with Gasteiger partial charge in [0.25, 0.3) is 0 Å². The molecule has 0 radical (unpaired) electrons. The van der Waals surface area contributed by atoms with Crippen LogP contribution in [-0.2, 0) is 0 Å². The van der Waals surface area contributed by atoms with E-state index in [2.05, 4.69) is 10.3 Å². The van der Waals surface area contributed by atoms with Gasteiger partial charge < -0.3 is 21.1 Å². The molecular formula is C14H18N4O2S. The average molecular weight is 306 g/mol. The number of anilines is 2. The molecule has 3 rings (SSSR count). The normalized spacial score (nSPS) is 18.9. The lowest BCUT2D eigenvalue weighted by molar-refractivity contribution is 0.110. The highest BCUT2D eigenvalue weighted by molar-refractivity contribution is 7.17. The van der Waals surface area contributed by atoms with Gasteiger partial charge in [0.1, 0.15) is 0 Å². The SMILES string of the molecule is Nc1cnc2ccsc2c1NCC1CCCCN1C(=O)O. The van der Waals surface area contributed by atoms with Crippen molar-refractivity contribution in [3.63, 3.8) is 0 Å². The van der Waals surface area contributed by atoms with E-state index in [-0.39, 0.29) is 6.04 Å². The van der Waals surface area contributed by atoms with Gasteiger partial charge in [0.05, 0.1) is 33.8 Å². The number of fused-ring (bicyclic) bond motifs is 1. The first-order valence-corrected chi connectivity index (χ1v) is 7.90. The second-order valence-corrected chi connectivity index (χ2v) is 6.15. The quantitative estimate of drug-likeness (QED) is 0.811. The molecule has 1 saturated heterocycles. The predicted octanol–water partition coefficient (Wildman–Crippen LogP) is 2.82. The van der Waals surface area contributed by atoms with E-state index >= 15 is 0 Å². The van der Waals surface area contributed by atoms with Crippen LogP contribution in [0.5, 0.6) is 0 Å². The van der Waals surface area contributed by atoms with Gasteiger partial charge in [-0.3, -0.25) is 4.98 Å². The number of rotatable bonds is 3. The third kappa shape index (κ3) is 2.73. The van der Waals surface area contributed by atoms with Crippen LogP contribution in [0.15, 0.2) is 17.6 Å². The Labute approximate surface area is 126 Å². The molecule has 0 aromatic carbocycles. The number of nitrogens with zero attached hydrogens (tertiary/aromatic N) is 2. The summed E-state index contributed by atoms with van der Waals surface area (Å²) in [6.45, 7) is 1.19. The molecule has 1 aliphatic heterocycles. The van der Waals surface area contributed by atoms with Gasteiger partial charge in [0.2, 0.25) is 0 Å². The maximum Gasteiger partial charge on any atom is 0.407 e. The smallest absolute Gasteiger partial charge is 0.407 e. The standard InChI is InChI=1S/C14H18N4O2S/c15-10-8-16-11-4-6-21-13(11)12(10)17-7-9-3-1-2-5-18(9)14(19)20/h4,6,8-9H,1-3,5,7,15H2,(H,16,17)(H,19,20). The molecule has 1 fully saturated rings. The highest BCUT2D eigenvalue weighted by Crippen LogP contribution is 2.32. The molecule has 1 atom stereocenters. The van der Waals surface area contributed by atoms with Crippen molar-refractivity contribution in [1.29, 1.82) is 0 Å². The van der Waals surface area contributed by atoms with Crippen molar-refractivity contribution in [2.75, 3.05) is 24.1 Å². The van der Waals surface area contributed by atoms with Crippen molar-refractivity contribution >= 4 is 39.0 Å². The molecular weight excluding hydrogens is 288 g/mol. The van der Waals surface area contributed by atoms with Gasteiger partial charge in [0, 0.05) is 13.1 Å². The van der Waals surface area contributed by atoms with E-state index in [9.17, 15) is 9.90 Å². The van der Waals surface area contributed by atoms with Gasteiger partial charge in [-0.1, -0.05) is 0 Å². The highest BCUT2D eigenvalue weighted by Gasteiger charge is 2.26. The number of nitrogens with one attached hydrogen (secondary N) is 1. The minimum absolute atomic E-state index is 0.00109. The van der Waals surface area contributed by atoms with Crippen LogP contribution in [0.1, 0.15) is 19.3 Å². The fourth-order valence-corrected chi connectivity index (χ4v) is 3.68. The van der Waals surface area contributed by atoms with Crippen LogP contribution in [0.4, 0.5) is 16.2 Å². The number of thiophene rings is 1. The number of pyridine rings is 1. The number of hydrogen-bond acceptors (Lipinski definition) is 5. The zero-order valence-electron chi connectivity index (χ0n) is 11.6. The monoisotopic (exact) mass is 306 g/mol. The number of aromatic nitrogens is 1. The lowest BCUT2D eigenvalue weighted by Crippen LogP contribution is -2.46. The summed E-state index contributed by atoms with van der Waals surface area (Å²) in [6, 6.07) is 1.95. The Bertz CT molecular complexity index is 657. The molecule has 4 N–H and O–H groups in total. The Kier molecular flexibility index (Phi) is 3.83. The lowest BCUT2D eigenvalue weighted by Gasteiger charge is -2.33. The van der Waals surface area contributed by atoms with Crippen LogP contribution >= 0.6 is 11.3 Å². The van der Waals surface area contributed by atoms with Crippen molar-refractivity contribution in [3.05, 3.63) is 17.6 Å². The second-order valence-electron chi connectivity index (χ2n) is 5.23. The molecule has 112 valence electrons. The number of piperidine rings is 1. The molecule has 1 aliphatic rings. The maximum atomic E-state index is 11.3. The van der Waals surface area contributed by atoms with Crippen LogP contribution in [0, 0.1) is 0 Å². The summed E-state index contributed by atoms with van der Waals surface area (Å²) in [6.07, 6.45) is 3.70. The summed E-state index contributed by atoms with van der Waals surface area (Å²) in [7, 11) is 0. The molecule has 21 heavy (non-hydrogen) atoms. The molecule has 1 unspecified atom stereocenters. The zero-order valence-corrected chi connectivity index (χ0v) is 12.4. The summed E-state index contributed by atoms with van der Waals surface area (Å²) in [5.41, 5.74) is 8.39. The minimum atomic E-state index is -0.842. The third-order valence-electron chi connectivity index (χ3n) is 3.89. The lowest BCUT2D eigenvalue weighted by atomic mass is 10.0. The molecule has 0 bridgehead atoms. The maximum absolute atomic E-state index is 11.3. The summed E-state index contributed by atoms with van der Waals surface area (Å²) < 4.78 is 1.02. The van der Waals surface area contributed by atoms with E-state index < -0.39 is 6.09 Å². The zero-order chi connectivity index (χ0) is 14.8. The van der Waals surface area contributed by atoms with Crippen LogP contribution in [0.2, 0.25) is 0 Å². The van der Waals surface area contributed by atoms with E-state index in [1.807, 2.05) is 11.4 Å². The van der Waals surface area contributed by atoms with Gasteiger partial charge in [0.15, 0.2) is 0 Å². The minimum Gasteiger partial charge on any atom is -0.465 e. The molecule has 2 aromatic rings. The number of likely N-dealkylation sites (tertiary alicyclic amines) is 1. The van der Waals surface area contributed by atoms with Crippen molar-refractivity contribution in [2.45, 2.75) is 25.3 Å². The molecule has 0 spiro atoms. The number of carbonyl (C=O) groups is 1. The van der Waals surface area contributed by atoms with Gasteiger partial charge in [-0.15, -0.1) is 11.3 Å². The Balaban J connectivity index is 1.78. The Hall–Kier alpha value is -2.02. The van der Waals surface area contributed by atoms with Crippen LogP contribution in [0.3, 0.4) is 0 Å². The number of hydrogen-bond donors (Lipinski definition) is 3. The average Bonchev–Trinajstić information content (AvgIpc) is 2.95. The second kappa shape index (κ2) is 5.77.